The summed E-state index contributed by atoms with van der Waals surface area (Å²) in [6, 6.07) is -0.163. The predicted molar refractivity (Wildman–Crippen MR) is 71.4 cm³/mol. The number of carbonyl (C=O) groups is 3. The number of carbonyl (C=O) groups excluding carboxylic acids is 3. The zero-order valence-corrected chi connectivity index (χ0v) is 11.7. The Morgan fingerprint density at radius 3 is 2.53 bits per heavy atom. The Labute approximate surface area is 113 Å². The monoisotopic (exact) mass is 269 g/mol. The third-order valence-corrected chi connectivity index (χ3v) is 3.10. The maximum absolute atomic E-state index is 11.6. The standard InChI is InChI=1S/C13H23N3O3/c1-3-6-14-13(19)15-7-4-5-8-16-11(17)9-10(2)12(16)18/h10H,3-9H2,1-2H3,(H2,14,15,19). The molecule has 0 aromatic carbocycles. The SMILES string of the molecule is CCCNC(=O)NCCCCN1C(=O)CC(C)C1=O. The zero-order valence-electron chi connectivity index (χ0n) is 11.7. The van der Waals surface area contributed by atoms with Crippen LogP contribution in [0.4, 0.5) is 4.79 Å². The van der Waals surface area contributed by atoms with E-state index >= 15 is 0 Å². The summed E-state index contributed by atoms with van der Waals surface area (Å²) in [6.45, 7) is 5.45. The van der Waals surface area contributed by atoms with Gasteiger partial charge in [-0.05, 0) is 19.3 Å². The number of nitrogens with zero attached hydrogens (tertiary/aromatic N) is 1. The normalized spacial score (nSPS) is 18.8. The number of unbranched alkanes of at least 4 members (excludes halogenated alkanes) is 1. The van der Waals surface area contributed by atoms with Gasteiger partial charge in [-0.15, -0.1) is 0 Å². The molecule has 0 aliphatic carbocycles. The molecule has 1 aliphatic rings. The summed E-state index contributed by atoms with van der Waals surface area (Å²) < 4.78 is 0. The first-order valence-corrected chi connectivity index (χ1v) is 6.92. The molecule has 0 radical (unpaired) electrons. The van der Waals surface area contributed by atoms with Crippen molar-refractivity contribution in [2.45, 2.75) is 39.5 Å². The van der Waals surface area contributed by atoms with Crippen LogP contribution in [0.3, 0.4) is 0 Å². The number of hydrogen-bond donors (Lipinski definition) is 2. The lowest BCUT2D eigenvalue weighted by Crippen LogP contribution is -2.37. The summed E-state index contributed by atoms with van der Waals surface area (Å²) >= 11 is 0. The molecule has 0 bridgehead atoms. The van der Waals surface area contributed by atoms with E-state index in [-0.39, 0.29) is 23.8 Å². The fourth-order valence-electron chi connectivity index (χ4n) is 1.98. The molecule has 108 valence electrons. The topological polar surface area (TPSA) is 78.5 Å². The van der Waals surface area contributed by atoms with E-state index in [2.05, 4.69) is 10.6 Å². The van der Waals surface area contributed by atoms with E-state index in [0.717, 1.165) is 19.3 Å². The van der Waals surface area contributed by atoms with Gasteiger partial charge in [0, 0.05) is 32.0 Å². The Bertz CT molecular complexity index is 344. The van der Waals surface area contributed by atoms with Gasteiger partial charge in [-0.2, -0.15) is 0 Å². The van der Waals surface area contributed by atoms with E-state index in [9.17, 15) is 14.4 Å². The van der Waals surface area contributed by atoms with Gasteiger partial charge < -0.3 is 10.6 Å². The first-order chi connectivity index (χ1) is 9.06. The largest absolute Gasteiger partial charge is 0.338 e. The third-order valence-electron chi connectivity index (χ3n) is 3.10. The molecule has 6 heteroatoms. The summed E-state index contributed by atoms with van der Waals surface area (Å²) in [5.41, 5.74) is 0. The molecule has 1 unspecified atom stereocenters. The number of likely N-dealkylation sites (tertiary alicyclic amines) is 1. The molecule has 4 amide bonds. The van der Waals surface area contributed by atoms with Crippen LogP contribution >= 0.6 is 0 Å². The van der Waals surface area contributed by atoms with Crippen LogP contribution in [0.15, 0.2) is 0 Å². The number of amides is 4. The van der Waals surface area contributed by atoms with Crippen LogP contribution < -0.4 is 10.6 Å². The summed E-state index contributed by atoms with van der Waals surface area (Å²) in [7, 11) is 0. The van der Waals surface area contributed by atoms with Gasteiger partial charge in [-0.25, -0.2) is 4.79 Å². The molecule has 1 atom stereocenters. The minimum Gasteiger partial charge on any atom is -0.338 e. The zero-order chi connectivity index (χ0) is 14.3. The molecule has 1 aliphatic heterocycles. The van der Waals surface area contributed by atoms with Crippen LogP contribution in [0.1, 0.15) is 39.5 Å². The van der Waals surface area contributed by atoms with Crippen molar-refractivity contribution in [3.63, 3.8) is 0 Å². The van der Waals surface area contributed by atoms with Crippen molar-refractivity contribution in [1.82, 2.24) is 15.5 Å². The summed E-state index contributed by atoms with van der Waals surface area (Å²) in [5.74, 6) is -0.324. The van der Waals surface area contributed by atoms with E-state index < -0.39 is 0 Å². The second kappa shape index (κ2) is 7.76. The Morgan fingerprint density at radius 1 is 1.26 bits per heavy atom. The quantitative estimate of drug-likeness (QED) is 0.532. The van der Waals surface area contributed by atoms with Gasteiger partial charge in [0.05, 0.1) is 0 Å². The van der Waals surface area contributed by atoms with Crippen molar-refractivity contribution >= 4 is 17.8 Å². The lowest BCUT2D eigenvalue weighted by molar-refractivity contribution is -0.139. The number of urea groups is 1. The molecule has 19 heavy (non-hydrogen) atoms. The minimum atomic E-state index is -0.176. The molecule has 0 saturated carbocycles. The van der Waals surface area contributed by atoms with Gasteiger partial charge >= 0.3 is 6.03 Å². The highest BCUT2D eigenvalue weighted by atomic mass is 16.2. The Hall–Kier alpha value is -1.59. The fourth-order valence-corrected chi connectivity index (χ4v) is 1.98. The summed E-state index contributed by atoms with van der Waals surface area (Å²) in [6.07, 6.45) is 2.71. The van der Waals surface area contributed by atoms with Crippen molar-refractivity contribution in [2.24, 2.45) is 5.92 Å². The fraction of sp³-hybridized carbons (Fsp3) is 0.769. The lowest BCUT2D eigenvalue weighted by Gasteiger charge is -2.14. The molecular weight excluding hydrogens is 246 g/mol. The van der Waals surface area contributed by atoms with Gasteiger partial charge in [-0.1, -0.05) is 13.8 Å². The van der Waals surface area contributed by atoms with E-state index in [1.165, 1.54) is 4.90 Å². The number of nitrogens with one attached hydrogen (secondary N) is 2. The van der Waals surface area contributed by atoms with Crippen LogP contribution in [-0.2, 0) is 9.59 Å². The molecule has 0 spiro atoms. The van der Waals surface area contributed by atoms with Crippen LogP contribution in [0.2, 0.25) is 0 Å². The molecule has 0 aromatic rings. The van der Waals surface area contributed by atoms with Gasteiger partial charge in [0.15, 0.2) is 0 Å². The number of imide groups is 1. The highest BCUT2D eigenvalue weighted by Gasteiger charge is 2.34. The van der Waals surface area contributed by atoms with Crippen LogP contribution in [0.25, 0.3) is 0 Å². The molecule has 1 heterocycles. The van der Waals surface area contributed by atoms with Crippen molar-refractivity contribution in [3.05, 3.63) is 0 Å². The van der Waals surface area contributed by atoms with E-state index in [1.54, 1.807) is 6.92 Å². The highest BCUT2D eigenvalue weighted by molar-refractivity contribution is 6.03. The average molecular weight is 269 g/mol. The second-order valence-corrected chi connectivity index (χ2v) is 4.88. The highest BCUT2D eigenvalue weighted by Crippen LogP contribution is 2.18. The van der Waals surface area contributed by atoms with Crippen molar-refractivity contribution in [1.29, 1.82) is 0 Å². The smallest absolute Gasteiger partial charge is 0.314 e. The maximum Gasteiger partial charge on any atom is 0.314 e. The second-order valence-electron chi connectivity index (χ2n) is 4.88. The van der Waals surface area contributed by atoms with Crippen molar-refractivity contribution < 1.29 is 14.4 Å². The third kappa shape index (κ3) is 4.89. The van der Waals surface area contributed by atoms with Crippen molar-refractivity contribution in [2.75, 3.05) is 19.6 Å². The molecule has 6 nitrogen and oxygen atoms in total. The van der Waals surface area contributed by atoms with Gasteiger partial charge in [0.1, 0.15) is 0 Å². The van der Waals surface area contributed by atoms with E-state index in [1.807, 2.05) is 6.92 Å². The first-order valence-electron chi connectivity index (χ1n) is 6.92. The number of hydrogen-bond acceptors (Lipinski definition) is 3. The van der Waals surface area contributed by atoms with Crippen molar-refractivity contribution in [3.8, 4) is 0 Å². The minimum absolute atomic E-state index is 0.0707. The lowest BCUT2D eigenvalue weighted by atomic mass is 10.1. The molecular formula is C13H23N3O3. The van der Waals surface area contributed by atoms with Gasteiger partial charge in [0.2, 0.25) is 11.8 Å². The molecule has 1 fully saturated rings. The predicted octanol–water partition coefficient (Wildman–Crippen LogP) is 0.871. The van der Waals surface area contributed by atoms with E-state index in [4.69, 9.17) is 0 Å². The van der Waals surface area contributed by atoms with Crippen LogP contribution in [0.5, 0.6) is 0 Å². The van der Waals surface area contributed by atoms with E-state index in [0.29, 0.717) is 26.1 Å². The van der Waals surface area contributed by atoms with Crippen LogP contribution in [0, 0.1) is 5.92 Å². The Kier molecular flexibility index (Phi) is 6.32. The maximum atomic E-state index is 11.6. The van der Waals surface area contributed by atoms with Gasteiger partial charge in [-0.3, -0.25) is 14.5 Å². The number of rotatable bonds is 7. The Morgan fingerprint density at radius 2 is 1.95 bits per heavy atom. The molecule has 1 saturated heterocycles. The van der Waals surface area contributed by atoms with Gasteiger partial charge in [0.25, 0.3) is 0 Å². The average Bonchev–Trinajstić information content (AvgIpc) is 2.62. The molecule has 1 rings (SSSR count). The molecule has 0 aromatic heterocycles. The first kappa shape index (κ1) is 15.5. The summed E-state index contributed by atoms with van der Waals surface area (Å²) in [5, 5.41) is 5.45. The Balaban J connectivity index is 2.09. The molecule has 2 N–H and O–H groups in total. The van der Waals surface area contributed by atoms with Crippen LogP contribution in [-0.4, -0.2) is 42.4 Å². The summed E-state index contributed by atoms with van der Waals surface area (Å²) in [4.78, 5) is 35.7.